The number of carbonyl (C=O) groups excluding carboxylic acids is 1. The van der Waals surface area contributed by atoms with Crippen LogP contribution in [0, 0.1) is 0 Å². The van der Waals surface area contributed by atoms with Gasteiger partial charge >= 0.3 is 0 Å². The van der Waals surface area contributed by atoms with Crippen LogP contribution in [0.25, 0.3) is 0 Å². The van der Waals surface area contributed by atoms with Gasteiger partial charge in [0, 0.05) is 6.42 Å². The van der Waals surface area contributed by atoms with Crippen LogP contribution in [0.1, 0.15) is 219 Å². The lowest BCUT2D eigenvalue weighted by Gasteiger charge is -2.46. The van der Waals surface area contributed by atoms with Crippen LogP contribution in [0.3, 0.4) is 0 Å². The summed E-state index contributed by atoms with van der Waals surface area (Å²) in [5.74, 6) is -0.209. The van der Waals surface area contributed by atoms with Crippen molar-refractivity contribution in [3.05, 3.63) is 0 Å². The third kappa shape index (κ3) is 24.8. The van der Waals surface area contributed by atoms with Crippen molar-refractivity contribution < 1.29 is 64.6 Å². The number of amides is 1. The zero-order chi connectivity index (χ0) is 46.8. The van der Waals surface area contributed by atoms with Crippen LogP contribution in [0.5, 0.6) is 0 Å². The van der Waals surface area contributed by atoms with E-state index in [1.165, 1.54) is 135 Å². The second-order valence-corrected chi connectivity index (χ2v) is 19.0. The van der Waals surface area contributed by atoms with Crippen molar-refractivity contribution in [3.8, 4) is 0 Å². The minimum atomic E-state index is -1.78. The van der Waals surface area contributed by atoms with Crippen molar-refractivity contribution in [1.82, 2.24) is 5.32 Å². The number of rotatable bonds is 41. The summed E-state index contributed by atoms with van der Waals surface area (Å²) in [6.45, 7) is 2.77. The maximum Gasteiger partial charge on any atom is 0.220 e. The van der Waals surface area contributed by atoms with E-state index < -0.39 is 86.8 Å². The molecule has 0 aromatic heterocycles. The summed E-state index contributed by atoms with van der Waals surface area (Å²) in [6, 6.07) is -0.818. The summed E-state index contributed by atoms with van der Waals surface area (Å²) in [5, 5.41) is 86.3. The molecule has 0 aromatic carbocycles. The second-order valence-electron chi connectivity index (χ2n) is 19.0. The third-order valence-corrected chi connectivity index (χ3v) is 13.3. The molecule has 64 heavy (non-hydrogen) atoms. The molecule has 2 aliphatic rings. The van der Waals surface area contributed by atoms with Gasteiger partial charge in [-0.05, 0) is 12.8 Å². The molecule has 2 aliphatic heterocycles. The normalized spacial score (nSPS) is 27.2. The molecule has 0 bridgehead atoms. The average Bonchev–Trinajstić information content (AvgIpc) is 3.29. The number of hydrogen-bond acceptors (Lipinski definition) is 13. The molecule has 0 aromatic rings. The Bertz CT molecular complexity index is 1090. The van der Waals surface area contributed by atoms with Crippen LogP contribution in [0.15, 0.2) is 0 Å². The highest BCUT2D eigenvalue weighted by Crippen LogP contribution is 2.30. The van der Waals surface area contributed by atoms with Crippen LogP contribution in [-0.4, -0.2) is 140 Å². The highest BCUT2D eigenvalue weighted by molar-refractivity contribution is 5.76. The van der Waals surface area contributed by atoms with Gasteiger partial charge in [-0.15, -0.1) is 0 Å². The first-order valence-electron chi connectivity index (χ1n) is 26.3. The summed E-state index contributed by atoms with van der Waals surface area (Å²) >= 11 is 0. The van der Waals surface area contributed by atoms with Crippen LogP contribution < -0.4 is 5.32 Å². The topological polar surface area (TPSA) is 228 Å². The summed E-state index contributed by atoms with van der Waals surface area (Å²) in [5.41, 5.74) is 0. The monoisotopic (exact) mass is 920 g/mol. The van der Waals surface area contributed by atoms with E-state index in [1.54, 1.807) is 0 Å². The number of ether oxygens (including phenoxy) is 4. The van der Waals surface area contributed by atoms with Crippen LogP contribution in [-0.2, 0) is 23.7 Å². The van der Waals surface area contributed by atoms with Gasteiger partial charge in [0.05, 0.1) is 32.0 Å². The van der Waals surface area contributed by atoms with Crippen LogP contribution in [0.2, 0.25) is 0 Å². The standard InChI is InChI=1S/C50H97NO13/c1-3-5-7-9-10-11-12-13-14-15-16-17-18-19-20-21-22-23-24-25-26-27-28-30-32-34-42(55)51-38(39(54)33-31-29-8-6-4-2)37-61-49-47(60)45(58)48(41(36-53)63-49)64-50-46(59)44(57)43(56)40(35-52)62-50/h38-41,43-50,52-54,56-60H,3-37H2,1-2H3,(H,51,55). The van der Waals surface area contributed by atoms with Crippen molar-refractivity contribution in [2.24, 2.45) is 0 Å². The van der Waals surface area contributed by atoms with Gasteiger partial charge in [-0.2, -0.15) is 0 Å². The second kappa shape index (κ2) is 37.9. The Hall–Kier alpha value is -1.01. The molecule has 0 aliphatic carbocycles. The van der Waals surface area contributed by atoms with Crippen molar-refractivity contribution in [2.45, 2.75) is 293 Å². The molecule has 380 valence electrons. The number of nitrogens with one attached hydrogen (secondary N) is 1. The van der Waals surface area contributed by atoms with Crippen molar-refractivity contribution in [1.29, 1.82) is 0 Å². The molecule has 2 rings (SSSR count). The van der Waals surface area contributed by atoms with Gasteiger partial charge in [0.2, 0.25) is 5.91 Å². The van der Waals surface area contributed by atoms with E-state index in [0.29, 0.717) is 12.8 Å². The lowest BCUT2D eigenvalue weighted by atomic mass is 9.97. The van der Waals surface area contributed by atoms with E-state index in [0.717, 1.165) is 57.8 Å². The predicted octanol–water partition coefficient (Wildman–Crippen LogP) is 7.00. The first kappa shape index (κ1) is 59.1. The molecule has 2 saturated heterocycles. The fourth-order valence-electron chi connectivity index (χ4n) is 9.00. The molecule has 14 nitrogen and oxygen atoms in total. The average molecular weight is 920 g/mol. The molecule has 0 radical (unpaired) electrons. The Morgan fingerprint density at radius 1 is 0.500 bits per heavy atom. The van der Waals surface area contributed by atoms with Crippen LogP contribution in [0.4, 0.5) is 0 Å². The van der Waals surface area contributed by atoms with Gasteiger partial charge in [-0.3, -0.25) is 4.79 Å². The van der Waals surface area contributed by atoms with Crippen molar-refractivity contribution in [3.63, 3.8) is 0 Å². The van der Waals surface area contributed by atoms with Gasteiger partial charge in [0.25, 0.3) is 0 Å². The van der Waals surface area contributed by atoms with Gasteiger partial charge in [-0.1, -0.05) is 200 Å². The smallest absolute Gasteiger partial charge is 0.220 e. The zero-order valence-electron chi connectivity index (χ0n) is 40.3. The molecule has 1 amide bonds. The van der Waals surface area contributed by atoms with Crippen molar-refractivity contribution >= 4 is 5.91 Å². The van der Waals surface area contributed by atoms with E-state index in [2.05, 4.69) is 19.2 Å². The number of hydrogen-bond donors (Lipinski definition) is 9. The Morgan fingerprint density at radius 3 is 1.33 bits per heavy atom. The lowest BCUT2D eigenvalue weighted by Crippen LogP contribution is -2.65. The highest BCUT2D eigenvalue weighted by Gasteiger charge is 2.51. The van der Waals surface area contributed by atoms with Gasteiger partial charge in [-0.25, -0.2) is 0 Å². The molecular formula is C50H97NO13. The zero-order valence-corrected chi connectivity index (χ0v) is 40.3. The lowest BCUT2D eigenvalue weighted by molar-refractivity contribution is -0.359. The van der Waals surface area contributed by atoms with E-state index in [4.69, 9.17) is 18.9 Å². The predicted molar refractivity (Wildman–Crippen MR) is 249 cm³/mol. The maximum absolute atomic E-state index is 13.1. The Balaban J connectivity index is 1.63. The fraction of sp³-hybridized carbons (Fsp3) is 0.980. The molecule has 2 fully saturated rings. The van der Waals surface area contributed by atoms with Crippen molar-refractivity contribution in [2.75, 3.05) is 19.8 Å². The SMILES string of the molecule is CCCCCCCCCCCCCCCCCCCCCCCCCCCC(=O)NC(COC1OC(CO)C(OC2OC(CO)C(O)C(O)C2O)C(O)C1O)C(O)CCCCCCC. The van der Waals surface area contributed by atoms with E-state index >= 15 is 0 Å². The first-order valence-corrected chi connectivity index (χ1v) is 26.3. The largest absolute Gasteiger partial charge is 0.394 e. The van der Waals surface area contributed by atoms with Gasteiger partial charge in [0.1, 0.15) is 48.8 Å². The summed E-state index contributed by atoms with van der Waals surface area (Å²) in [6.07, 6.45) is 21.9. The van der Waals surface area contributed by atoms with Gasteiger partial charge < -0.3 is 65.1 Å². The minimum Gasteiger partial charge on any atom is -0.394 e. The summed E-state index contributed by atoms with van der Waals surface area (Å²) in [7, 11) is 0. The molecule has 9 N–H and O–H groups in total. The third-order valence-electron chi connectivity index (χ3n) is 13.3. The molecule has 12 unspecified atom stereocenters. The molecular weight excluding hydrogens is 823 g/mol. The Labute approximate surface area is 387 Å². The molecule has 12 atom stereocenters. The number of carbonyl (C=O) groups is 1. The fourth-order valence-corrected chi connectivity index (χ4v) is 9.00. The maximum atomic E-state index is 13.1. The number of unbranched alkanes of at least 4 members (excludes halogenated alkanes) is 28. The summed E-state index contributed by atoms with van der Waals surface area (Å²) in [4.78, 5) is 13.1. The summed E-state index contributed by atoms with van der Waals surface area (Å²) < 4.78 is 22.6. The quantitative estimate of drug-likeness (QED) is 0.0282. The number of aliphatic hydroxyl groups is 8. The molecule has 0 spiro atoms. The Kier molecular flexibility index (Phi) is 35.0. The highest BCUT2D eigenvalue weighted by atomic mass is 16.7. The first-order chi connectivity index (χ1) is 31.1. The van der Waals surface area contributed by atoms with E-state index in [9.17, 15) is 45.6 Å². The molecule has 2 heterocycles. The van der Waals surface area contributed by atoms with Gasteiger partial charge in [0.15, 0.2) is 12.6 Å². The Morgan fingerprint density at radius 2 is 0.891 bits per heavy atom. The minimum absolute atomic E-state index is 0.209. The van der Waals surface area contributed by atoms with Crippen LogP contribution >= 0.6 is 0 Å². The van der Waals surface area contributed by atoms with E-state index in [1.807, 2.05) is 0 Å². The molecule has 14 heteroatoms. The molecule has 0 saturated carbocycles. The number of aliphatic hydroxyl groups excluding tert-OH is 8. The van der Waals surface area contributed by atoms with E-state index in [-0.39, 0.29) is 12.5 Å².